The Labute approximate surface area is 141 Å². The summed E-state index contributed by atoms with van der Waals surface area (Å²) in [5.41, 5.74) is 2.33. The zero-order valence-corrected chi connectivity index (χ0v) is 13.9. The molecule has 2 unspecified atom stereocenters. The van der Waals surface area contributed by atoms with Crippen LogP contribution in [0.15, 0.2) is 41.0 Å². The molecule has 2 aliphatic rings. The van der Waals surface area contributed by atoms with Crippen LogP contribution in [-0.2, 0) is 6.42 Å². The van der Waals surface area contributed by atoms with Gasteiger partial charge in [-0.05, 0) is 55.2 Å². The Bertz CT molecular complexity index is 765. The van der Waals surface area contributed by atoms with Crippen molar-refractivity contribution >= 4 is 27.6 Å². The molecule has 2 atom stereocenters. The summed E-state index contributed by atoms with van der Waals surface area (Å²) in [6.45, 7) is 0. The Hall–Kier alpha value is -1.95. The molecule has 3 heterocycles. The third-order valence-corrected chi connectivity index (χ3v) is 5.20. The Kier molecular flexibility index (Phi) is 3.56. The Morgan fingerprint density at radius 2 is 2.04 bits per heavy atom. The van der Waals surface area contributed by atoms with E-state index in [1.165, 1.54) is 6.20 Å². The summed E-state index contributed by atoms with van der Waals surface area (Å²) < 4.78 is 14.9. The highest BCUT2D eigenvalue weighted by Crippen LogP contribution is 2.44. The van der Waals surface area contributed by atoms with Crippen LogP contribution in [0.25, 0.3) is 0 Å². The number of rotatable bonds is 1. The molecule has 0 aliphatic carbocycles. The normalized spacial score (nSPS) is 21.9. The molecule has 2 amide bonds. The summed E-state index contributed by atoms with van der Waals surface area (Å²) in [5.74, 6) is -0.396. The van der Waals surface area contributed by atoms with Gasteiger partial charge in [-0.1, -0.05) is 15.9 Å². The predicted molar refractivity (Wildman–Crippen MR) is 88.7 cm³/mol. The summed E-state index contributed by atoms with van der Waals surface area (Å²) in [7, 11) is 0. The molecule has 4 rings (SSSR count). The molecule has 1 saturated heterocycles. The van der Waals surface area contributed by atoms with Crippen LogP contribution in [0.5, 0.6) is 0 Å². The maximum Gasteiger partial charge on any atom is 0.322 e. The topological polar surface area (TPSA) is 45.2 Å². The first-order valence-corrected chi connectivity index (χ1v) is 8.41. The van der Waals surface area contributed by atoms with Crippen molar-refractivity contribution < 1.29 is 9.18 Å². The van der Waals surface area contributed by atoms with E-state index in [9.17, 15) is 9.18 Å². The highest BCUT2D eigenvalue weighted by molar-refractivity contribution is 9.10. The van der Waals surface area contributed by atoms with Gasteiger partial charge in [0.15, 0.2) is 0 Å². The van der Waals surface area contributed by atoms with Crippen LogP contribution in [-0.4, -0.2) is 22.0 Å². The van der Waals surface area contributed by atoms with Gasteiger partial charge >= 0.3 is 6.03 Å². The number of pyridine rings is 1. The number of nitrogens with zero attached hydrogens (tertiary/aromatic N) is 2. The fraction of sp³-hybridized carbons (Fsp3) is 0.294. The van der Waals surface area contributed by atoms with Crippen LogP contribution < -0.4 is 5.32 Å². The molecule has 2 aliphatic heterocycles. The predicted octanol–water partition coefficient (Wildman–Crippen LogP) is 4.28. The van der Waals surface area contributed by atoms with Gasteiger partial charge in [0.25, 0.3) is 0 Å². The van der Waals surface area contributed by atoms with E-state index in [-0.39, 0.29) is 18.1 Å². The van der Waals surface area contributed by atoms with E-state index >= 15 is 0 Å². The van der Waals surface area contributed by atoms with Gasteiger partial charge in [0.05, 0.1) is 6.04 Å². The Morgan fingerprint density at radius 1 is 1.26 bits per heavy atom. The van der Waals surface area contributed by atoms with E-state index in [1.807, 2.05) is 35.2 Å². The molecule has 6 heteroatoms. The Morgan fingerprint density at radius 3 is 2.83 bits per heavy atom. The third-order valence-electron chi connectivity index (χ3n) is 4.67. The van der Waals surface area contributed by atoms with E-state index < -0.39 is 5.95 Å². The van der Waals surface area contributed by atoms with Crippen molar-refractivity contribution in [3.63, 3.8) is 0 Å². The Balaban J connectivity index is 1.60. The fourth-order valence-electron chi connectivity index (χ4n) is 3.65. The molecule has 2 aromatic rings. The SMILES string of the molecule is O=C(Nc1ccc(Br)cc1)N1C2CCC1c1ccnc(F)c1C2. The zero-order chi connectivity index (χ0) is 16.0. The largest absolute Gasteiger partial charge is 0.322 e. The first-order valence-electron chi connectivity index (χ1n) is 7.61. The minimum Gasteiger partial charge on any atom is -0.314 e. The van der Waals surface area contributed by atoms with E-state index in [0.29, 0.717) is 12.0 Å². The molecule has 1 aromatic heterocycles. The molecule has 0 saturated carbocycles. The number of hydrogen-bond donors (Lipinski definition) is 1. The summed E-state index contributed by atoms with van der Waals surface area (Å²) in [4.78, 5) is 18.3. The summed E-state index contributed by atoms with van der Waals surface area (Å²) in [6, 6.07) is 9.18. The van der Waals surface area contributed by atoms with Gasteiger partial charge in [-0.15, -0.1) is 0 Å². The number of urea groups is 1. The van der Waals surface area contributed by atoms with Crippen molar-refractivity contribution in [1.29, 1.82) is 0 Å². The molecule has 0 spiro atoms. The number of hydrogen-bond acceptors (Lipinski definition) is 2. The van der Waals surface area contributed by atoms with Crippen molar-refractivity contribution in [2.24, 2.45) is 0 Å². The van der Waals surface area contributed by atoms with Crippen LogP contribution in [0.4, 0.5) is 14.9 Å². The van der Waals surface area contributed by atoms with Gasteiger partial charge in [0.1, 0.15) is 0 Å². The van der Waals surface area contributed by atoms with E-state index in [1.54, 1.807) is 0 Å². The number of carbonyl (C=O) groups excluding carboxylic acids is 1. The van der Waals surface area contributed by atoms with Gasteiger partial charge in [0, 0.05) is 28.0 Å². The van der Waals surface area contributed by atoms with Crippen LogP contribution in [0, 0.1) is 5.95 Å². The maximum atomic E-state index is 13.9. The van der Waals surface area contributed by atoms with Crippen LogP contribution >= 0.6 is 15.9 Å². The lowest BCUT2D eigenvalue weighted by atomic mass is 9.95. The second kappa shape index (κ2) is 5.60. The van der Waals surface area contributed by atoms with E-state index in [4.69, 9.17) is 0 Å². The van der Waals surface area contributed by atoms with Crippen molar-refractivity contribution in [2.45, 2.75) is 31.3 Å². The number of aromatic nitrogens is 1. The molecular weight excluding hydrogens is 361 g/mol. The lowest BCUT2D eigenvalue weighted by Gasteiger charge is -2.36. The molecule has 1 N–H and O–H groups in total. The van der Waals surface area contributed by atoms with Gasteiger partial charge in [-0.2, -0.15) is 4.39 Å². The number of halogens is 2. The highest BCUT2D eigenvalue weighted by atomic mass is 79.9. The summed E-state index contributed by atoms with van der Waals surface area (Å²) in [5, 5.41) is 2.94. The van der Waals surface area contributed by atoms with Crippen molar-refractivity contribution in [3.8, 4) is 0 Å². The first kappa shape index (κ1) is 14.6. The van der Waals surface area contributed by atoms with Crippen LogP contribution in [0.1, 0.15) is 30.0 Å². The van der Waals surface area contributed by atoms with Gasteiger partial charge in [0.2, 0.25) is 5.95 Å². The third kappa shape index (κ3) is 2.51. The highest BCUT2D eigenvalue weighted by Gasteiger charge is 2.43. The second-order valence-corrected chi connectivity index (χ2v) is 6.88. The molecule has 2 bridgehead atoms. The van der Waals surface area contributed by atoms with Crippen molar-refractivity contribution in [3.05, 3.63) is 58.1 Å². The van der Waals surface area contributed by atoms with Crippen molar-refractivity contribution in [2.75, 3.05) is 5.32 Å². The molecule has 23 heavy (non-hydrogen) atoms. The fourth-order valence-corrected chi connectivity index (χ4v) is 3.91. The quantitative estimate of drug-likeness (QED) is 0.756. The second-order valence-electron chi connectivity index (χ2n) is 5.96. The maximum absolute atomic E-state index is 13.9. The van der Waals surface area contributed by atoms with Gasteiger partial charge in [-0.25, -0.2) is 9.78 Å². The lowest BCUT2D eigenvalue weighted by molar-refractivity contribution is 0.178. The number of fused-ring (bicyclic) bond motifs is 4. The van der Waals surface area contributed by atoms with Crippen LogP contribution in [0.2, 0.25) is 0 Å². The number of anilines is 1. The lowest BCUT2D eigenvalue weighted by Crippen LogP contribution is -2.44. The molecule has 118 valence electrons. The number of amides is 2. The molecule has 4 nitrogen and oxygen atoms in total. The van der Waals surface area contributed by atoms with Crippen LogP contribution in [0.3, 0.4) is 0 Å². The minimum absolute atomic E-state index is 0.0432. The van der Waals surface area contributed by atoms with Crippen molar-refractivity contribution in [1.82, 2.24) is 9.88 Å². The average molecular weight is 376 g/mol. The number of benzene rings is 1. The number of carbonyl (C=O) groups is 1. The average Bonchev–Trinajstić information content (AvgIpc) is 2.86. The minimum atomic E-state index is -0.396. The monoisotopic (exact) mass is 375 g/mol. The van der Waals surface area contributed by atoms with Gasteiger partial charge < -0.3 is 10.2 Å². The summed E-state index contributed by atoms with van der Waals surface area (Å²) in [6.07, 6.45) is 3.79. The number of nitrogens with one attached hydrogen (secondary N) is 1. The molecule has 1 fully saturated rings. The standard InChI is InChI=1S/C17H15BrFN3O/c18-10-1-3-11(4-2-10)21-17(23)22-12-5-6-15(22)13-7-8-20-16(19)14(13)9-12/h1-4,7-8,12,15H,5-6,9H2,(H,21,23). The summed E-state index contributed by atoms with van der Waals surface area (Å²) >= 11 is 3.38. The smallest absolute Gasteiger partial charge is 0.314 e. The molecule has 1 aromatic carbocycles. The van der Waals surface area contributed by atoms with E-state index in [2.05, 4.69) is 26.2 Å². The molecular formula is C17H15BrFN3O. The zero-order valence-electron chi connectivity index (χ0n) is 12.3. The van der Waals surface area contributed by atoms with E-state index in [0.717, 1.165) is 28.6 Å². The molecule has 0 radical (unpaired) electrons. The first-order chi connectivity index (χ1) is 11.1. The van der Waals surface area contributed by atoms with Gasteiger partial charge in [-0.3, -0.25) is 0 Å².